The molecule has 1 saturated heterocycles. The van der Waals surface area contributed by atoms with Crippen LogP contribution >= 0.6 is 11.3 Å². The number of fused-ring (bicyclic) bond motifs is 2. The Morgan fingerprint density at radius 1 is 1.00 bits per heavy atom. The fourth-order valence-corrected chi connectivity index (χ4v) is 5.92. The van der Waals surface area contributed by atoms with Crippen molar-refractivity contribution in [2.45, 2.75) is 78.9 Å². The van der Waals surface area contributed by atoms with Gasteiger partial charge in [0.2, 0.25) is 0 Å². The Kier molecular flexibility index (Phi) is 7.06. The van der Waals surface area contributed by atoms with Gasteiger partial charge in [0, 0.05) is 15.8 Å². The fraction of sp³-hybridized carbons (Fsp3) is 0.400. The Hall–Kier alpha value is -3.60. The number of benzene rings is 1. The highest BCUT2D eigenvalue weighted by molar-refractivity contribution is 7.15. The Labute approximate surface area is 237 Å². The van der Waals surface area contributed by atoms with Crippen LogP contribution in [0.3, 0.4) is 0 Å². The number of nitrogens with zero attached hydrogens (tertiary/aromatic N) is 4. The van der Waals surface area contributed by atoms with E-state index in [9.17, 15) is 4.79 Å². The smallest absolute Gasteiger partial charge is 0.343 e. The molecule has 1 aliphatic rings. The highest BCUT2D eigenvalue weighted by atomic mass is 32.1. The first-order chi connectivity index (χ1) is 19.0. The van der Waals surface area contributed by atoms with Crippen LogP contribution in [0.5, 0.6) is 0 Å². The van der Waals surface area contributed by atoms with E-state index in [1.807, 2.05) is 85.7 Å². The van der Waals surface area contributed by atoms with Gasteiger partial charge < -0.3 is 19.6 Å². The minimum absolute atomic E-state index is 0.358. The van der Waals surface area contributed by atoms with E-state index in [2.05, 4.69) is 9.97 Å². The molecule has 0 bridgehead atoms. The lowest BCUT2D eigenvalue weighted by molar-refractivity contribution is -0.0871. The van der Waals surface area contributed by atoms with Crippen molar-refractivity contribution in [3.8, 4) is 10.4 Å². The Balaban J connectivity index is 0.00000158. The highest BCUT2D eigenvalue weighted by Gasteiger charge is 2.50. The first kappa shape index (κ1) is 27.9. The van der Waals surface area contributed by atoms with Crippen molar-refractivity contribution in [1.29, 1.82) is 0 Å². The molecule has 40 heavy (non-hydrogen) atoms. The molecule has 4 aromatic heterocycles. The molecule has 2 N–H and O–H groups in total. The van der Waals surface area contributed by atoms with E-state index in [0.29, 0.717) is 33.7 Å². The second kappa shape index (κ2) is 10.1. The Morgan fingerprint density at radius 3 is 2.33 bits per heavy atom. The summed E-state index contributed by atoms with van der Waals surface area (Å²) in [5, 5.41) is 6.70. The van der Waals surface area contributed by atoms with Crippen LogP contribution in [0.15, 0.2) is 51.9 Å². The van der Waals surface area contributed by atoms with Crippen LogP contribution in [0, 0.1) is 6.92 Å². The number of aryl methyl sites for hydroxylation is 1. The zero-order chi connectivity index (χ0) is 29.0. The standard InChI is InChI=1S/C28H29N5O4S.C2H6/c1-14-20-23(29)30-13-31-24(20)33(32-14)15(2)22-21(16-9-7-8-10-17(16)25(34)35-22)18-11-12-19(38-18)26-36-27(3,4)28(5,6)37-26;1-2/h7-13,15,26H,1-6H3,(H2,29,30,31);1-2H3. The van der Waals surface area contributed by atoms with Gasteiger partial charge in [-0.05, 0) is 59.7 Å². The van der Waals surface area contributed by atoms with Gasteiger partial charge in [-0.2, -0.15) is 5.10 Å². The molecule has 210 valence electrons. The van der Waals surface area contributed by atoms with Gasteiger partial charge >= 0.3 is 5.63 Å². The first-order valence-electron chi connectivity index (χ1n) is 13.5. The molecular weight excluding hydrogens is 526 g/mol. The van der Waals surface area contributed by atoms with Crippen molar-refractivity contribution in [3.63, 3.8) is 0 Å². The topological polar surface area (TPSA) is 118 Å². The van der Waals surface area contributed by atoms with E-state index in [0.717, 1.165) is 20.7 Å². The molecule has 9 nitrogen and oxygen atoms in total. The molecule has 1 fully saturated rings. The van der Waals surface area contributed by atoms with Gasteiger partial charge in [0.15, 0.2) is 11.9 Å². The Bertz CT molecular complexity index is 1750. The summed E-state index contributed by atoms with van der Waals surface area (Å²) in [5.74, 6) is 0.842. The number of anilines is 1. The molecule has 1 aliphatic heterocycles. The number of nitrogen functional groups attached to an aromatic ring is 1. The average Bonchev–Trinajstić information content (AvgIpc) is 3.59. The van der Waals surface area contributed by atoms with Crippen LogP contribution in [-0.2, 0) is 9.47 Å². The predicted molar refractivity (Wildman–Crippen MR) is 158 cm³/mol. The van der Waals surface area contributed by atoms with Gasteiger partial charge in [-0.1, -0.05) is 32.0 Å². The van der Waals surface area contributed by atoms with E-state index >= 15 is 0 Å². The fourth-order valence-electron chi connectivity index (χ4n) is 4.89. The van der Waals surface area contributed by atoms with Crippen LogP contribution < -0.4 is 11.4 Å². The summed E-state index contributed by atoms with van der Waals surface area (Å²) in [7, 11) is 0. The highest BCUT2D eigenvalue weighted by Crippen LogP contribution is 2.48. The third-order valence-electron chi connectivity index (χ3n) is 7.66. The summed E-state index contributed by atoms with van der Waals surface area (Å²) in [5.41, 5.74) is 6.93. The lowest BCUT2D eigenvalue weighted by Crippen LogP contribution is -2.41. The number of hydrogen-bond donors (Lipinski definition) is 1. The average molecular weight is 562 g/mol. The number of thiophene rings is 1. The Morgan fingerprint density at radius 2 is 1.65 bits per heavy atom. The largest absolute Gasteiger partial charge is 0.424 e. The molecule has 5 heterocycles. The third-order valence-corrected chi connectivity index (χ3v) is 8.79. The van der Waals surface area contributed by atoms with Crippen LogP contribution in [0.2, 0.25) is 0 Å². The molecule has 1 atom stereocenters. The molecule has 6 rings (SSSR count). The maximum absolute atomic E-state index is 13.1. The summed E-state index contributed by atoms with van der Waals surface area (Å²) >= 11 is 1.56. The predicted octanol–water partition coefficient (Wildman–Crippen LogP) is 6.79. The molecule has 0 aliphatic carbocycles. The summed E-state index contributed by atoms with van der Waals surface area (Å²) in [6.07, 6.45) is 0.925. The van der Waals surface area contributed by atoms with Crippen molar-refractivity contribution in [1.82, 2.24) is 19.7 Å². The van der Waals surface area contributed by atoms with E-state index < -0.39 is 29.2 Å². The van der Waals surface area contributed by atoms with Crippen molar-refractivity contribution in [2.24, 2.45) is 0 Å². The van der Waals surface area contributed by atoms with Gasteiger partial charge in [-0.25, -0.2) is 19.4 Å². The minimum Gasteiger partial charge on any atom is -0.424 e. The maximum Gasteiger partial charge on any atom is 0.343 e. The SMILES string of the molecule is CC.Cc1nn(C(C)c2oc(=O)c3ccccc3c2-c2ccc(C3OC(C)(C)C(C)(C)O3)s2)c2ncnc(N)c12. The van der Waals surface area contributed by atoms with Crippen molar-refractivity contribution in [2.75, 3.05) is 5.73 Å². The first-order valence-corrected chi connectivity index (χ1v) is 14.3. The maximum atomic E-state index is 13.1. The zero-order valence-electron chi connectivity index (χ0n) is 24.1. The van der Waals surface area contributed by atoms with E-state index in [-0.39, 0.29) is 0 Å². The van der Waals surface area contributed by atoms with E-state index in [1.54, 1.807) is 22.1 Å². The second-order valence-corrected chi connectivity index (χ2v) is 11.7. The molecule has 5 aromatic rings. The number of ether oxygens (including phenoxy) is 2. The molecular formula is C30H35N5O4S. The van der Waals surface area contributed by atoms with Crippen LogP contribution in [0.25, 0.3) is 32.2 Å². The summed E-state index contributed by atoms with van der Waals surface area (Å²) in [6.45, 7) is 15.9. The van der Waals surface area contributed by atoms with Crippen LogP contribution in [0.4, 0.5) is 5.82 Å². The van der Waals surface area contributed by atoms with Gasteiger partial charge in [-0.15, -0.1) is 11.3 Å². The molecule has 0 spiro atoms. The second-order valence-electron chi connectivity index (χ2n) is 10.6. The lowest BCUT2D eigenvalue weighted by Gasteiger charge is -2.30. The van der Waals surface area contributed by atoms with Gasteiger partial charge in [0.1, 0.15) is 23.9 Å². The summed E-state index contributed by atoms with van der Waals surface area (Å²) < 4.78 is 20.4. The molecule has 0 saturated carbocycles. The number of nitrogens with two attached hydrogens (primary N) is 1. The van der Waals surface area contributed by atoms with Crippen LogP contribution in [-0.4, -0.2) is 31.0 Å². The summed E-state index contributed by atoms with van der Waals surface area (Å²) in [4.78, 5) is 23.5. The number of hydrogen-bond acceptors (Lipinski definition) is 9. The van der Waals surface area contributed by atoms with Gasteiger partial charge in [0.05, 0.1) is 32.5 Å². The van der Waals surface area contributed by atoms with Crippen molar-refractivity contribution in [3.05, 3.63) is 69.5 Å². The summed E-state index contributed by atoms with van der Waals surface area (Å²) in [6, 6.07) is 11.1. The van der Waals surface area contributed by atoms with Crippen molar-refractivity contribution < 1.29 is 13.9 Å². The molecule has 1 unspecified atom stereocenters. The van der Waals surface area contributed by atoms with Gasteiger partial charge in [-0.3, -0.25) is 0 Å². The van der Waals surface area contributed by atoms with Crippen LogP contribution in [0.1, 0.15) is 77.1 Å². The zero-order valence-corrected chi connectivity index (χ0v) is 24.9. The molecule has 10 heteroatoms. The number of aromatic nitrogens is 4. The molecule has 0 radical (unpaired) electrons. The minimum atomic E-state index is -0.487. The lowest BCUT2D eigenvalue weighted by atomic mass is 9.90. The normalized spacial score (nSPS) is 17.2. The quantitative estimate of drug-likeness (QED) is 0.255. The number of rotatable bonds is 4. The third kappa shape index (κ3) is 4.40. The monoisotopic (exact) mass is 561 g/mol. The van der Waals surface area contributed by atoms with E-state index in [4.69, 9.17) is 24.7 Å². The molecule has 0 amide bonds. The van der Waals surface area contributed by atoms with Gasteiger partial charge in [0.25, 0.3) is 0 Å². The van der Waals surface area contributed by atoms with Crippen molar-refractivity contribution >= 4 is 39.0 Å². The van der Waals surface area contributed by atoms with E-state index in [1.165, 1.54) is 6.33 Å². The molecule has 1 aromatic carbocycles.